The van der Waals surface area contributed by atoms with Gasteiger partial charge in [0, 0.05) is 47.7 Å². The van der Waals surface area contributed by atoms with Crippen molar-refractivity contribution in [1.29, 1.82) is 0 Å². The maximum Gasteiger partial charge on any atom is 0.407 e. The second kappa shape index (κ2) is 12.4. The molecule has 1 fully saturated rings. The Hall–Kier alpha value is -4.51. The molecule has 0 aliphatic heterocycles. The van der Waals surface area contributed by atoms with E-state index in [0.717, 1.165) is 48.0 Å². The van der Waals surface area contributed by atoms with Crippen LogP contribution in [0.15, 0.2) is 60.0 Å². The van der Waals surface area contributed by atoms with Crippen LogP contribution in [0.1, 0.15) is 52.0 Å². The molecule has 0 unspecified atom stereocenters. The van der Waals surface area contributed by atoms with Crippen LogP contribution in [0.5, 0.6) is 11.6 Å². The van der Waals surface area contributed by atoms with Gasteiger partial charge in [-0.05, 0) is 70.7 Å². The maximum atomic E-state index is 12.3. The molecule has 11 nitrogen and oxygen atoms in total. The first-order chi connectivity index (χ1) is 20.5. The smallest absolute Gasteiger partial charge is 0.407 e. The number of carbonyl (C=O) groups is 1. The number of hydrogen-bond donors (Lipinski definition) is 4. The van der Waals surface area contributed by atoms with Crippen LogP contribution in [0.3, 0.4) is 0 Å². The van der Waals surface area contributed by atoms with Crippen LogP contribution in [-0.4, -0.2) is 56.4 Å². The summed E-state index contributed by atoms with van der Waals surface area (Å²) < 4.78 is 12.4. The molecule has 0 radical (unpaired) electrons. The number of carbonyl (C=O) groups excluding carboxylic acids is 1. The van der Waals surface area contributed by atoms with Crippen LogP contribution in [0.25, 0.3) is 16.6 Å². The van der Waals surface area contributed by atoms with E-state index in [9.17, 15) is 9.90 Å². The number of benzene rings is 1. The number of nitrogens with two attached hydrogens (primary N) is 1. The summed E-state index contributed by atoms with van der Waals surface area (Å²) in [7, 11) is 1.58. The fraction of sp³-hybridized carbons (Fsp3) is 0.355. The molecule has 1 saturated carbocycles. The highest BCUT2D eigenvalue weighted by Crippen LogP contribution is 2.33. The van der Waals surface area contributed by atoms with Crippen molar-refractivity contribution in [3.05, 3.63) is 65.6 Å². The number of phenolic OH excluding ortho intramolecular Hbond substituents is 1. The van der Waals surface area contributed by atoms with Gasteiger partial charge in [-0.3, -0.25) is 0 Å². The van der Waals surface area contributed by atoms with Crippen molar-refractivity contribution in [2.45, 2.75) is 64.1 Å². The predicted octanol–water partition coefficient (Wildman–Crippen LogP) is 6.05. The first kappa shape index (κ1) is 30.0. The minimum absolute atomic E-state index is 0.0376. The number of aromatic nitrogens is 3. The Kier molecular flexibility index (Phi) is 8.63. The number of halogens is 1. The molecule has 226 valence electrons. The summed E-state index contributed by atoms with van der Waals surface area (Å²) in [6, 6.07) is 10.5. The number of pyridine rings is 1. The fourth-order valence-electron chi connectivity index (χ4n) is 5.07. The second-order valence-corrected chi connectivity index (χ2v) is 12.0. The molecule has 1 amide bonds. The molecular weight excluding hydrogens is 570 g/mol. The summed E-state index contributed by atoms with van der Waals surface area (Å²) in [5.74, 6) is 0.793. The predicted molar refractivity (Wildman–Crippen MR) is 168 cm³/mol. The number of ether oxygens (including phenoxy) is 2. The van der Waals surface area contributed by atoms with E-state index >= 15 is 0 Å². The van der Waals surface area contributed by atoms with Crippen molar-refractivity contribution in [3.63, 3.8) is 0 Å². The van der Waals surface area contributed by atoms with Gasteiger partial charge in [-0.2, -0.15) is 5.10 Å². The number of nitrogens with zero attached hydrogens (tertiary/aromatic N) is 4. The average Bonchev–Trinajstić information content (AvgIpc) is 3.40. The number of alkyl carbamates (subject to hydrolysis) is 1. The highest BCUT2D eigenvalue weighted by Gasteiger charge is 2.26. The number of phenols is 1. The third kappa shape index (κ3) is 7.29. The summed E-state index contributed by atoms with van der Waals surface area (Å²) >= 11 is 6.32. The highest BCUT2D eigenvalue weighted by atomic mass is 35.5. The maximum absolute atomic E-state index is 12.3. The lowest BCUT2D eigenvalue weighted by molar-refractivity contribution is 0.0492. The van der Waals surface area contributed by atoms with E-state index in [2.05, 4.69) is 25.7 Å². The number of rotatable bonds is 7. The Bertz CT molecular complexity index is 1640. The molecule has 1 aliphatic rings. The summed E-state index contributed by atoms with van der Waals surface area (Å²) in [5.41, 5.74) is 10.5. The van der Waals surface area contributed by atoms with Crippen LogP contribution in [0, 0.1) is 0 Å². The minimum atomic E-state index is -0.546. The SMILES string of the molecule is COc1ccc(-c2cc3c(N[C@H]4CC[C@H](NC(=O)OC(C)(C)C)CC4)c(/C(N)=N/c4ccc(O)cc4Cl)cnn3c2)cn1. The van der Waals surface area contributed by atoms with Crippen LogP contribution in [-0.2, 0) is 4.74 Å². The van der Waals surface area contributed by atoms with E-state index < -0.39 is 11.7 Å². The van der Waals surface area contributed by atoms with Gasteiger partial charge in [0.25, 0.3) is 0 Å². The molecule has 12 heteroatoms. The number of methoxy groups -OCH3 is 1. The van der Waals surface area contributed by atoms with Crippen LogP contribution in [0.2, 0.25) is 5.02 Å². The molecule has 0 atom stereocenters. The van der Waals surface area contributed by atoms with E-state index in [4.69, 9.17) is 26.8 Å². The van der Waals surface area contributed by atoms with Gasteiger partial charge < -0.3 is 30.9 Å². The quantitative estimate of drug-likeness (QED) is 0.147. The molecule has 4 aromatic rings. The summed E-state index contributed by atoms with van der Waals surface area (Å²) in [6.45, 7) is 5.55. The number of amides is 1. The first-order valence-corrected chi connectivity index (χ1v) is 14.5. The number of fused-ring (bicyclic) bond motifs is 1. The minimum Gasteiger partial charge on any atom is -0.508 e. The normalized spacial score (nSPS) is 17.5. The third-order valence-corrected chi connectivity index (χ3v) is 7.46. The summed E-state index contributed by atoms with van der Waals surface area (Å²) in [5, 5.41) is 21.4. The zero-order valence-electron chi connectivity index (χ0n) is 24.6. The molecule has 0 spiro atoms. The molecule has 1 aromatic carbocycles. The zero-order chi connectivity index (χ0) is 30.7. The van der Waals surface area contributed by atoms with Crippen molar-refractivity contribution < 1.29 is 19.4 Å². The summed E-state index contributed by atoms with van der Waals surface area (Å²) in [6.07, 6.45) is 8.20. The molecule has 1 aliphatic carbocycles. The third-order valence-electron chi connectivity index (χ3n) is 7.16. The van der Waals surface area contributed by atoms with E-state index in [-0.39, 0.29) is 28.7 Å². The number of aromatic hydroxyl groups is 1. The van der Waals surface area contributed by atoms with E-state index in [1.54, 1.807) is 30.1 Å². The number of aliphatic imine (C=N–C) groups is 1. The number of anilines is 1. The van der Waals surface area contributed by atoms with E-state index in [1.165, 1.54) is 12.1 Å². The van der Waals surface area contributed by atoms with Crippen molar-refractivity contribution in [1.82, 2.24) is 19.9 Å². The van der Waals surface area contributed by atoms with Crippen molar-refractivity contribution in [3.8, 4) is 22.8 Å². The Morgan fingerprint density at radius 1 is 1.09 bits per heavy atom. The molecule has 0 bridgehead atoms. The Morgan fingerprint density at radius 2 is 1.84 bits per heavy atom. The standard InChI is InChI=1S/C31H36ClN7O4/c1-31(2,3)43-30(41)37-21-8-6-20(7-9-21)36-28-23(29(33)38-25-11-10-22(40)14-24(25)32)16-35-39-17-19(13-26(28)39)18-5-12-27(42-4)34-15-18/h5,10-17,20-21,36,40H,6-9H2,1-4H3,(H2,33,38)(H,37,41)/t20-,21-. The van der Waals surface area contributed by atoms with Crippen LogP contribution in [0.4, 0.5) is 16.2 Å². The molecule has 0 saturated heterocycles. The summed E-state index contributed by atoms with van der Waals surface area (Å²) in [4.78, 5) is 21.2. The van der Waals surface area contributed by atoms with Gasteiger partial charge in [0.2, 0.25) is 5.88 Å². The second-order valence-electron chi connectivity index (χ2n) is 11.6. The van der Waals surface area contributed by atoms with Gasteiger partial charge in [0.05, 0.1) is 40.8 Å². The van der Waals surface area contributed by atoms with Gasteiger partial charge in [-0.15, -0.1) is 0 Å². The topological polar surface area (TPSA) is 148 Å². The van der Waals surface area contributed by atoms with Crippen molar-refractivity contribution >= 4 is 40.4 Å². The van der Waals surface area contributed by atoms with Crippen LogP contribution < -0.4 is 21.1 Å². The molecule has 43 heavy (non-hydrogen) atoms. The lowest BCUT2D eigenvalue weighted by Gasteiger charge is -2.31. The Morgan fingerprint density at radius 3 is 2.49 bits per heavy atom. The largest absolute Gasteiger partial charge is 0.508 e. The van der Waals surface area contributed by atoms with Crippen molar-refractivity contribution in [2.75, 3.05) is 12.4 Å². The molecule has 3 aromatic heterocycles. The van der Waals surface area contributed by atoms with Crippen LogP contribution >= 0.6 is 11.6 Å². The van der Waals surface area contributed by atoms with Gasteiger partial charge in [-0.25, -0.2) is 19.3 Å². The number of nitrogens with one attached hydrogen (secondary N) is 2. The van der Waals surface area contributed by atoms with Gasteiger partial charge in [0.15, 0.2) is 0 Å². The fourth-order valence-corrected chi connectivity index (χ4v) is 5.29. The Balaban J connectivity index is 1.45. The zero-order valence-corrected chi connectivity index (χ0v) is 25.4. The molecule has 5 N–H and O–H groups in total. The first-order valence-electron chi connectivity index (χ1n) is 14.1. The highest BCUT2D eigenvalue weighted by molar-refractivity contribution is 6.33. The van der Waals surface area contributed by atoms with Gasteiger partial charge in [0.1, 0.15) is 17.2 Å². The average molecular weight is 606 g/mol. The number of hydrogen-bond acceptors (Lipinski definition) is 8. The van der Waals surface area contributed by atoms with E-state index in [1.807, 2.05) is 45.2 Å². The number of amidine groups is 1. The van der Waals surface area contributed by atoms with Gasteiger partial charge in [-0.1, -0.05) is 11.6 Å². The molecule has 3 heterocycles. The Labute approximate surface area is 255 Å². The molecular formula is C31H36ClN7O4. The molecule has 5 rings (SSSR count). The lowest BCUT2D eigenvalue weighted by Crippen LogP contribution is -2.42. The lowest BCUT2D eigenvalue weighted by atomic mass is 9.91. The van der Waals surface area contributed by atoms with Gasteiger partial charge >= 0.3 is 6.09 Å². The van der Waals surface area contributed by atoms with Crippen molar-refractivity contribution in [2.24, 2.45) is 10.7 Å². The monoisotopic (exact) mass is 605 g/mol. The van der Waals surface area contributed by atoms with E-state index in [0.29, 0.717) is 17.1 Å².